The number of nitrogen functional groups attached to an aromatic ring is 1. The Balaban J connectivity index is 0.873. The highest BCUT2D eigenvalue weighted by atomic mass is 16.6. The van der Waals surface area contributed by atoms with E-state index in [1.807, 2.05) is 77.7 Å². The third kappa shape index (κ3) is 6.26. The van der Waals surface area contributed by atoms with E-state index in [-0.39, 0.29) is 30.5 Å². The second-order valence-electron chi connectivity index (χ2n) is 14.5. The first-order chi connectivity index (χ1) is 26.5. The molecule has 0 aromatic heterocycles. The van der Waals surface area contributed by atoms with Gasteiger partial charge in [0.2, 0.25) is 0 Å². The Hall–Kier alpha value is -6.34. The molecule has 2 N–H and O–H groups in total. The van der Waals surface area contributed by atoms with Crippen molar-refractivity contribution in [3.63, 3.8) is 0 Å². The SMILES string of the molecule is Nc1ccc(CN(C(=O)OCC2c3ccccc3-c3ccccc32)c2ccc(C3CCN(C(=O)OCC4c5ccccc5-c5ccccc54)C3)cc2)cc1. The first-order valence-electron chi connectivity index (χ1n) is 18.7. The predicted molar refractivity (Wildman–Crippen MR) is 213 cm³/mol. The number of likely N-dealkylation sites (tertiary alicyclic amines) is 1. The minimum atomic E-state index is -0.413. The van der Waals surface area contributed by atoms with E-state index in [1.165, 1.54) is 44.5 Å². The Kier molecular flexibility index (Phi) is 8.83. The molecule has 1 saturated heterocycles. The average molecular weight is 712 g/mol. The number of nitrogens with zero attached hydrogens (tertiary/aromatic N) is 2. The third-order valence-corrected chi connectivity index (χ3v) is 11.3. The number of carbonyl (C=O) groups is 2. The van der Waals surface area contributed by atoms with Crippen LogP contribution in [-0.2, 0) is 16.0 Å². The van der Waals surface area contributed by atoms with Gasteiger partial charge in [-0.15, -0.1) is 0 Å². The predicted octanol–water partition coefficient (Wildman–Crippen LogP) is 9.96. The van der Waals surface area contributed by atoms with Crippen LogP contribution < -0.4 is 10.6 Å². The Morgan fingerprint density at radius 3 is 1.61 bits per heavy atom. The van der Waals surface area contributed by atoms with Crippen molar-refractivity contribution in [3.8, 4) is 22.3 Å². The van der Waals surface area contributed by atoms with Crippen molar-refractivity contribution in [3.05, 3.63) is 179 Å². The lowest BCUT2D eigenvalue weighted by atomic mass is 9.98. The lowest BCUT2D eigenvalue weighted by Gasteiger charge is -2.24. The number of hydrogen-bond donors (Lipinski definition) is 1. The summed E-state index contributed by atoms with van der Waals surface area (Å²) in [6, 6.07) is 49.1. The molecule has 1 heterocycles. The van der Waals surface area contributed by atoms with Crippen LogP contribution >= 0.6 is 0 Å². The summed E-state index contributed by atoms with van der Waals surface area (Å²) in [7, 11) is 0. The number of benzene rings is 6. The monoisotopic (exact) mass is 711 g/mol. The minimum Gasteiger partial charge on any atom is -0.448 e. The second-order valence-corrected chi connectivity index (χ2v) is 14.5. The molecule has 2 aliphatic carbocycles. The van der Waals surface area contributed by atoms with Gasteiger partial charge in [0.1, 0.15) is 13.2 Å². The van der Waals surface area contributed by atoms with Gasteiger partial charge in [-0.25, -0.2) is 9.59 Å². The highest BCUT2D eigenvalue weighted by molar-refractivity contribution is 5.88. The van der Waals surface area contributed by atoms with Gasteiger partial charge in [0.25, 0.3) is 0 Å². The van der Waals surface area contributed by atoms with Crippen LogP contribution in [0.2, 0.25) is 0 Å². The summed E-state index contributed by atoms with van der Waals surface area (Å²) >= 11 is 0. The molecule has 9 rings (SSSR count). The van der Waals surface area contributed by atoms with E-state index in [2.05, 4.69) is 72.8 Å². The van der Waals surface area contributed by atoms with E-state index >= 15 is 0 Å². The van der Waals surface area contributed by atoms with Gasteiger partial charge in [-0.05, 0) is 86.3 Å². The average Bonchev–Trinajstić information content (AvgIpc) is 3.93. The van der Waals surface area contributed by atoms with E-state index in [9.17, 15) is 9.59 Å². The molecule has 3 aliphatic rings. The first-order valence-corrected chi connectivity index (χ1v) is 18.7. The minimum absolute atomic E-state index is 0.0277. The first kappa shape index (κ1) is 33.5. The fourth-order valence-corrected chi connectivity index (χ4v) is 8.55. The van der Waals surface area contributed by atoms with Gasteiger partial charge < -0.3 is 20.1 Å². The van der Waals surface area contributed by atoms with Crippen molar-refractivity contribution >= 4 is 23.6 Å². The molecule has 0 saturated carbocycles. The fraction of sp³-hybridized carbons (Fsp3) is 0.191. The van der Waals surface area contributed by atoms with Crippen molar-refractivity contribution in [2.24, 2.45) is 0 Å². The van der Waals surface area contributed by atoms with Gasteiger partial charge in [0.15, 0.2) is 0 Å². The number of anilines is 2. The van der Waals surface area contributed by atoms with Crippen molar-refractivity contribution in [1.82, 2.24) is 4.90 Å². The Morgan fingerprint density at radius 2 is 1.09 bits per heavy atom. The summed E-state index contributed by atoms with van der Waals surface area (Å²) in [6.45, 7) is 2.08. The summed E-state index contributed by atoms with van der Waals surface area (Å²) in [5.74, 6) is 0.156. The molecular formula is C47H41N3O4. The maximum absolute atomic E-state index is 14.0. The number of ether oxygens (including phenoxy) is 2. The van der Waals surface area contributed by atoms with Gasteiger partial charge in [-0.3, -0.25) is 4.90 Å². The molecular weight excluding hydrogens is 671 g/mol. The molecule has 54 heavy (non-hydrogen) atoms. The topological polar surface area (TPSA) is 85.1 Å². The third-order valence-electron chi connectivity index (χ3n) is 11.3. The van der Waals surface area contributed by atoms with Crippen LogP contribution in [0.4, 0.5) is 21.0 Å². The van der Waals surface area contributed by atoms with Crippen molar-refractivity contribution in [2.75, 3.05) is 36.9 Å². The Labute approximate surface area is 315 Å². The Bertz CT molecular complexity index is 2250. The summed E-state index contributed by atoms with van der Waals surface area (Å²) in [6.07, 6.45) is 0.148. The van der Waals surface area contributed by atoms with Crippen LogP contribution in [0.15, 0.2) is 146 Å². The van der Waals surface area contributed by atoms with Crippen LogP contribution in [0.3, 0.4) is 0 Å². The molecule has 1 aliphatic heterocycles. The molecule has 2 amide bonds. The molecule has 1 fully saturated rings. The molecule has 0 bridgehead atoms. The highest BCUT2D eigenvalue weighted by Crippen LogP contribution is 2.46. The zero-order valence-electron chi connectivity index (χ0n) is 29.9. The standard InChI is InChI=1S/C47H41N3O4/c48-34-21-17-31(18-22-34)27-50(47(52)54-30-45-42-15-7-3-11-38(42)39-12-4-8-16-43(39)45)35-23-19-32(20-24-35)33-25-26-49(28-33)46(51)53-29-44-40-13-5-1-9-36(40)37-10-2-6-14-41(37)44/h1-24,33,44-45H,25-30,48H2. The quantitative estimate of drug-likeness (QED) is 0.159. The molecule has 268 valence electrons. The molecule has 1 atom stereocenters. The zero-order chi connectivity index (χ0) is 36.6. The summed E-state index contributed by atoms with van der Waals surface area (Å²) in [5.41, 5.74) is 19.0. The van der Waals surface area contributed by atoms with Crippen LogP contribution in [0.5, 0.6) is 0 Å². The maximum atomic E-state index is 14.0. The van der Waals surface area contributed by atoms with Crippen LogP contribution in [-0.4, -0.2) is 43.4 Å². The van der Waals surface area contributed by atoms with Gasteiger partial charge >= 0.3 is 12.2 Å². The van der Waals surface area contributed by atoms with Gasteiger partial charge in [-0.2, -0.15) is 0 Å². The molecule has 0 radical (unpaired) electrons. The van der Waals surface area contributed by atoms with Crippen molar-refractivity contribution < 1.29 is 19.1 Å². The normalized spacial score (nSPS) is 15.6. The van der Waals surface area contributed by atoms with Gasteiger partial charge in [-0.1, -0.05) is 121 Å². The lowest BCUT2D eigenvalue weighted by molar-refractivity contribution is 0.107. The van der Waals surface area contributed by atoms with E-state index in [0.29, 0.717) is 31.9 Å². The smallest absolute Gasteiger partial charge is 0.414 e. The van der Waals surface area contributed by atoms with E-state index in [4.69, 9.17) is 15.2 Å². The highest BCUT2D eigenvalue weighted by Gasteiger charge is 2.33. The maximum Gasteiger partial charge on any atom is 0.414 e. The number of fused-ring (bicyclic) bond motifs is 6. The summed E-state index contributed by atoms with van der Waals surface area (Å²) < 4.78 is 12.1. The number of nitrogens with two attached hydrogens (primary N) is 1. The second kappa shape index (κ2) is 14.2. The Morgan fingerprint density at radius 1 is 0.611 bits per heavy atom. The molecule has 6 aromatic carbocycles. The van der Waals surface area contributed by atoms with Crippen LogP contribution in [0.25, 0.3) is 22.3 Å². The lowest BCUT2D eigenvalue weighted by Crippen LogP contribution is -2.32. The van der Waals surface area contributed by atoms with E-state index in [0.717, 1.165) is 23.2 Å². The molecule has 0 spiro atoms. The van der Waals surface area contributed by atoms with Crippen LogP contribution in [0.1, 0.15) is 57.6 Å². The van der Waals surface area contributed by atoms with Crippen LogP contribution in [0, 0.1) is 0 Å². The molecule has 7 heteroatoms. The molecule has 7 nitrogen and oxygen atoms in total. The number of amides is 2. The van der Waals surface area contributed by atoms with E-state index in [1.54, 1.807) is 4.90 Å². The number of hydrogen-bond acceptors (Lipinski definition) is 5. The number of carbonyl (C=O) groups excluding carboxylic acids is 2. The number of rotatable bonds is 8. The largest absolute Gasteiger partial charge is 0.448 e. The van der Waals surface area contributed by atoms with Crippen molar-refractivity contribution in [1.29, 1.82) is 0 Å². The zero-order valence-corrected chi connectivity index (χ0v) is 29.9. The van der Waals surface area contributed by atoms with Gasteiger partial charge in [0, 0.05) is 42.2 Å². The summed E-state index contributed by atoms with van der Waals surface area (Å²) in [5, 5.41) is 0. The van der Waals surface area contributed by atoms with Gasteiger partial charge in [0.05, 0.1) is 6.54 Å². The molecule has 6 aromatic rings. The molecule has 1 unspecified atom stereocenters. The van der Waals surface area contributed by atoms with E-state index < -0.39 is 6.09 Å². The van der Waals surface area contributed by atoms with Crippen molar-refractivity contribution in [2.45, 2.75) is 30.7 Å². The summed E-state index contributed by atoms with van der Waals surface area (Å²) in [4.78, 5) is 30.8. The fourth-order valence-electron chi connectivity index (χ4n) is 8.55.